The minimum absolute atomic E-state index is 0.0439. The van der Waals surface area contributed by atoms with Gasteiger partial charge in [0.2, 0.25) is 5.82 Å². The van der Waals surface area contributed by atoms with Crippen LogP contribution in [0.2, 0.25) is 0 Å². The number of hydrogen-bond donors (Lipinski definition) is 0. The van der Waals surface area contributed by atoms with E-state index in [0.717, 1.165) is 12.1 Å². The van der Waals surface area contributed by atoms with E-state index in [2.05, 4.69) is 14.7 Å². The first-order valence-electron chi connectivity index (χ1n) is 7.30. The minimum atomic E-state index is -4.78. The van der Waals surface area contributed by atoms with E-state index in [1.54, 1.807) is 0 Å². The summed E-state index contributed by atoms with van der Waals surface area (Å²) < 4.78 is 69.5. The summed E-state index contributed by atoms with van der Waals surface area (Å²) in [5.74, 6) is -3.86. The van der Waals surface area contributed by atoms with Gasteiger partial charge in [-0.3, -0.25) is 4.79 Å². The summed E-state index contributed by atoms with van der Waals surface area (Å²) in [4.78, 5) is 15.3. The number of aryl methyl sites for hydroxylation is 2. The molecule has 0 aliphatic rings. The number of hydrogen-bond acceptors (Lipinski definition) is 4. The highest BCUT2D eigenvalue weighted by Gasteiger charge is 2.38. The molecule has 0 saturated carbocycles. The van der Waals surface area contributed by atoms with Gasteiger partial charge in [-0.25, -0.2) is 8.78 Å². The Bertz CT molecular complexity index is 994. The Labute approximate surface area is 142 Å². The Hall–Kier alpha value is -3.04. The summed E-state index contributed by atoms with van der Waals surface area (Å²) in [7, 11) is 0. The van der Waals surface area contributed by atoms with Crippen molar-refractivity contribution in [3.05, 3.63) is 70.0 Å². The number of benzene rings is 1. The Morgan fingerprint density at radius 3 is 2.58 bits per heavy atom. The Balaban J connectivity index is 1.79. The average Bonchev–Trinajstić information content (AvgIpc) is 3.07. The molecule has 0 N–H and O–H groups in total. The maximum absolute atomic E-state index is 13.6. The molecule has 0 aliphatic carbocycles. The zero-order valence-electron chi connectivity index (χ0n) is 12.9. The molecule has 1 aromatic carbocycles. The molecule has 26 heavy (non-hydrogen) atoms. The van der Waals surface area contributed by atoms with Crippen molar-refractivity contribution in [2.75, 3.05) is 0 Å². The molecule has 0 saturated heterocycles. The van der Waals surface area contributed by atoms with Crippen molar-refractivity contribution in [1.82, 2.24) is 14.7 Å². The SMILES string of the molecule is O=c1cc(-c2noc(C(F)(F)F)n2)ccn1CCc1cccc(F)c1F. The first-order chi connectivity index (χ1) is 12.3. The van der Waals surface area contributed by atoms with Gasteiger partial charge in [-0.1, -0.05) is 17.3 Å². The second-order valence-corrected chi connectivity index (χ2v) is 5.33. The molecule has 0 aliphatic heterocycles. The van der Waals surface area contributed by atoms with Crippen LogP contribution >= 0.6 is 0 Å². The van der Waals surface area contributed by atoms with Crippen molar-refractivity contribution in [3.63, 3.8) is 0 Å². The predicted octanol–water partition coefficient (Wildman–Crippen LogP) is 3.44. The Morgan fingerprint density at radius 1 is 1.15 bits per heavy atom. The standard InChI is InChI=1S/C16H10F5N3O2/c17-11-3-1-2-9(13(11)18)4-6-24-7-5-10(8-12(24)25)14-22-15(26-23-14)16(19,20)21/h1-3,5,7-8H,4,6H2. The predicted molar refractivity (Wildman–Crippen MR) is 79.1 cm³/mol. The first-order valence-corrected chi connectivity index (χ1v) is 7.30. The van der Waals surface area contributed by atoms with E-state index in [9.17, 15) is 26.7 Å². The van der Waals surface area contributed by atoms with Gasteiger partial charge in [0.15, 0.2) is 11.6 Å². The fourth-order valence-corrected chi connectivity index (χ4v) is 2.27. The summed E-state index contributed by atoms with van der Waals surface area (Å²) in [6, 6.07) is 6.10. The fraction of sp³-hybridized carbons (Fsp3) is 0.188. The van der Waals surface area contributed by atoms with Crippen LogP contribution < -0.4 is 5.56 Å². The zero-order chi connectivity index (χ0) is 18.9. The lowest BCUT2D eigenvalue weighted by Crippen LogP contribution is -2.20. The van der Waals surface area contributed by atoms with Gasteiger partial charge in [-0.05, 0) is 24.1 Å². The van der Waals surface area contributed by atoms with E-state index in [0.29, 0.717) is 0 Å². The highest BCUT2D eigenvalue weighted by Crippen LogP contribution is 2.29. The van der Waals surface area contributed by atoms with Crippen molar-refractivity contribution in [2.24, 2.45) is 0 Å². The van der Waals surface area contributed by atoms with Crippen LogP contribution in [-0.4, -0.2) is 14.7 Å². The van der Waals surface area contributed by atoms with E-state index in [1.807, 2.05) is 0 Å². The minimum Gasteiger partial charge on any atom is -0.329 e. The highest BCUT2D eigenvalue weighted by molar-refractivity contribution is 5.52. The van der Waals surface area contributed by atoms with Crippen molar-refractivity contribution < 1.29 is 26.5 Å². The summed E-state index contributed by atoms with van der Waals surface area (Å²) in [5, 5.41) is 3.19. The van der Waals surface area contributed by atoms with Gasteiger partial charge in [0.25, 0.3) is 5.56 Å². The number of pyridine rings is 1. The van der Waals surface area contributed by atoms with Crippen molar-refractivity contribution in [2.45, 2.75) is 19.1 Å². The van der Waals surface area contributed by atoms with E-state index in [1.165, 1.54) is 29.0 Å². The maximum Gasteiger partial charge on any atom is 0.471 e. The van der Waals surface area contributed by atoms with Gasteiger partial charge in [0.05, 0.1) is 0 Å². The average molecular weight is 371 g/mol. The van der Waals surface area contributed by atoms with Crippen LogP contribution in [0, 0.1) is 11.6 Å². The van der Waals surface area contributed by atoms with Crippen molar-refractivity contribution >= 4 is 0 Å². The fourth-order valence-electron chi connectivity index (χ4n) is 2.27. The van der Waals surface area contributed by atoms with Crippen LogP contribution in [0.4, 0.5) is 22.0 Å². The number of alkyl halides is 3. The molecule has 10 heteroatoms. The lowest BCUT2D eigenvalue weighted by atomic mass is 10.1. The number of rotatable bonds is 4. The van der Waals surface area contributed by atoms with Gasteiger partial charge in [-0.15, -0.1) is 0 Å². The molecule has 136 valence electrons. The third-order valence-electron chi connectivity index (χ3n) is 3.58. The Morgan fingerprint density at radius 2 is 1.92 bits per heavy atom. The Kier molecular flexibility index (Phi) is 4.58. The molecule has 3 rings (SSSR count). The van der Waals surface area contributed by atoms with Gasteiger partial charge < -0.3 is 9.09 Å². The van der Waals surface area contributed by atoms with Crippen LogP contribution in [0.3, 0.4) is 0 Å². The van der Waals surface area contributed by atoms with E-state index in [4.69, 9.17) is 0 Å². The molecular weight excluding hydrogens is 361 g/mol. The van der Waals surface area contributed by atoms with E-state index in [-0.39, 0.29) is 29.9 Å². The van der Waals surface area contributed by atoms with Crippen molar-refractivity contribution in [1.29, 1.82) is 0 Å². The molecule has 0 atom stereocenters. The van der Waals surface area contributed by atoms with Crippen LogP contribution in [0.25, 0.3) is 11.4 Å². The van der Waals surface area contributed by atoms with Gasteiger partial charge in [0, 0.05) is 24.4 Å². The first kappa shape index (κ1) is 17.8. The van der Waals surface area contributed by atoms with E-state index < -0.39 is 29.3 Å². The van der Waals surface area contributed by atoms with Crippen LogP contribution in [-0.2, 0) is 19.1 Å². The normalized spacial score (nSPS) is 11.7. The lowest BCUT2D eigenvalue weighted by Gasteiger charge is -2.07. The highest BCUT2D eigenvalue weighted by atomic mass is 19.4. The molecule has 0 amide bonds. The third-order valence-corrected chi connectivity index (χ3v) is 3.58. The monoisotopic (exact) mass is 371 g/mol. The van der Waals surface area contributed by atoms with Crippen LogP contribution in [0.1, 0.15) is 11.5 Å². The van der Waals surface area contributed by atoms with Gasteiger partial charge in [-0.2, -0.15) is 18.2 Å². The molecule has 0 bridgehead atoms. The lowest BCUT2D eigenvalue weighted by molar-refractivity contribution is -0.159. The van der Waals surface area contributed by atoms with Crippen LogP contribution in [0.5, 0.6) is 0 Å². The molecule has 0 unspecified atom stereocenters. The van der Waals surface area contributed by atoms with Crippen LogP contribution in [0.15, 0.2) is 45.8 Å². The number of aromatic nitrogens is 3. The van der Waals surface area contributed by atoms with E-state index >= 15 is 0 Å². The molecular formula is C16H10F5N3O2. The smallest absolute Gasteiger partial charge is 0.329 e. The molecule has 3 aromatic rings. The quantitative estimate of drug-likeness (QED) is 0.660. The second kappa shape index (κ2) is 6.70. The van der Waals surface area contributed by atoms with Gasteiger partial charge >= 0.3 is 12.1 Å². The second-order valence-electron chi connectivity index (χ2n) is 5.33. The summed E-state index contributed by atoms with van der Waals surface area (Å²) >= 11 is 0. The topological polar surface area (TPSA) is 60.9 Å². The molecule has 2 heterocycles. The molecule has 0 radical (unpaired) electrons. The summed E-state index contributed by atoms with van der Waals surface area (Å²) in [5.41, 5.74) is -0.408. The summed E-state index contributed by atoms with van der Waals surface area (Å²) in [6.07, 6.45) is -3.42. The molecule has 2 aromatic heterocycles. The number of halogens is 5. The maximum atomic E-state index is 13.6. The summed E-state index contributed by atoms with van der Waals surface area (Å²) in [6.45, 7) is 0.0551. The third kappa shape index (κ3) is 3.63. The van der Waals surface area contributed by atoms with Gasteiger partial charge in [0.1, 0.15) is 0 Å². The molecule has 0 fully saturated rings. The largest absolute Gasteiger partial charge is 0.471 e. The molecule has 5 nitrogen and oxygen atoms in total. The zero-order valence-corrected chi connectivity index (χ0v) is 12.9. The van der Waals surface area contributed by atoms with Crippen molar-refractivity contribution in [3.8, 4) is 11.4 Å². The number of nitrogens with zero attached hydrogens (tertiary/aromatic N) is 3. The molecule has 0 spiro atoms.